The van der Waals surface area contributed by atoms with Crippen LogP contribution in [-0.4, -0.2) is 36.7 Å². The SMILES string of the molecule is CCOc1ccc2[nH]c(=O)c(CN(Cc3ccco3)[C@H](CC)c3nnnn3Cc3ccccc3)cc2c1. The number of rotatable bonds is 11. The van der Waals surface area contributed by atoms with E-state index in [2.05, 4.69) is 44.5 Å². The minimum Gasteiger partial charge on any atom is -0.494 e. The first kappa shape index (κ1) is 24.5. The highest BCUT2D eigenvalue weighted by Crippen LogP contribution is 2.27. The first-order valence-electron chi connectivity index (χ1n) is 12.5. The maximum Gasteiger partial charge on any atom is 0.252 e. The van der Waals surface area contributed by atoms with Gasteiger partial charge in [0, 0.05) is 23.0 Å². The summed E-state index contributed by atoms with van der Waals surface area (Å²) >= 11 is 0. The topological polar surface area (TPSA) is 102 Å². The fourth-order valence-electron chi connectivity index (χ4n) is 4.62. The molecule has 0 radical (unpaired) electrons. The van der Waals surface area contributed by atoms with Crippen LogP contribution in [0.15, 0.2) is 82.2 Å². The number of pyridine rings is 1. The molecule has 0 saturated carbocycles. The molecule has 3 heterocycles. The number of fused-ring (bicyclic) bond motifs is 1. The maximum absolute atomic E-state index is 13.1. The largest absolute Gasteiger partial charge is 0.494 e. The Morgan fingerprint density at radius 2 is 1.92 bits per heavy atom. The van der Waals surface area contributed by atoms with Crippen LogP contribution in [-0.2, 0) is 19.6 Å². The fourth-order valence-corrected chi connectivity index (χ4v) is 4.62. The van der Waals surface area contributed by atoms with E-state index in [0.717, 1.165) is 40.2 Å². The Balaban J connectivity index is 1.50. The van der Waals surface area contributed by atoms with E-state index in [1.807, 2.05) is 66.2 Å². The minimum atomic E-state index is -0.145. The van der Waals surface area contributed by atoms with E-state index < -0.39 is 0 Å². The number of benzene rings is 2. The Hall–Kier alpha value is -4.24. The zero-order chi connectivity index (χ0) is 25.6. The lowest BCUT2D eigenvalue weighted by molar-refractivity contribution is 0.149. The number of nitrogens with one attached hydrogen (secondary N) is 1. The summed E-state index contributed by atoms with van der Waals surface area (Å²) in [4.78, 5) is 18.3. The molecule has 9 nitrogen and oxygen atoms in total. The molecular weight excluding hydrogens is 468 g/mol. The molecule has 0 fully saturated rings. The van der Waals surface area contributed by atoms with Gasteiger partial charge in [-0.1, -0.05) is 37.3 Å². The number of aromatic amines is 1. The molecule has 9 heteroatoms. The molecule has 1 N–H and O–H groups in total. The van der Waals surface area contributed by atoms with Gasteiger partial charge in [0.25, 0.3) is 5.56 Å². The van der Waals surface area contributed by atoms with Crippen LogP contribution in [0.25, 0.3) is 10.9 Å². The molecule has 190 valence electrons. The second kappa shape index (κ2) is 11.2. The molecule has 0 aliphatic rings. The number of ether oxygens (including phenoxy) is 1. The van der Waals surface area contributed by atoms with Gasteiger partial charge in [-0.25, -0.2) is 4.68 Å². The number of nitrogens with zero attached hydrogens (tertiary/aromatic N) is 5. The average Bonchev–Trinajstić information content (AvgIpc) is 3.58. The van der Waals surface area contributed by atoms with E-state index in [4.69, 9.17) is 9.15 Å². The Bertz CT molecular complexity index is 1490. The predicted molar refractivity (Wildman–Crippen MR) is 140 cm³/mol. The number of tetrazole rings is 1. The Kier molecular flexibility index (Phi) is 7.41. The van der Waals surface area contributed by atoms with Gasteiger partial charge >= 0.3 is 0 Å². The van der Waals surface area contributed by atoms with E-state index in [9.17, 15) is 4.79 Å². The molecule has 0 spiro atoms. The smallest absolute Gasteiger partial charge is 0.252 e. The maximum atomic E-state index is 13.1. The van der Waals surface area contributed by atoms with Crippen LogP contribution < -0.4 is 10.3 Å². The lowest BCUT2D eigenvalue weighted by Crippen LogP contribution is -2.32. The molecule has 5 rings (SSSR count). The average molecular weight is 499 g/mol. The Morgan fingerprint density at radius 3 is 2.68 bits per heavy atom. The molecule has 0 bridgehead atoms. The Labute approximate surface area is 214 Å². The lowest BCUT2D eigenvalue weighted by atomic mass is 10.1. The van der Waals surface area contributed by atoms with Crippen molar-refractivity contribution in [2.24, 2.45) is 0 Å². The van der Waals surface area contributed by atoms with Crippen molar-refractivity contribution in [1.29, 1.82) is 0 Å². The van der Waals surface area contributed by atoms with Gasteiger partial charge in [-0.05, 0) is 65.7 Å². The third-order valence-corrected chi connectivity index (χ3v) is 6.38. The Morgan fingerprint density at radius 1 is 1.05 bits per heavy atom. The van der Waals surface area contributed by atoms with Gasteiger partial charge in [0.2, 0.25) is 0 Å². The standard InChI is InChI=1S/C28H30N6O3/c1-3-26(27-30-31-32-34(27)17-20-9-6-5-7-10-20)33(19-24-11-8-14-37-24)18-22-15-21-16-23(36-4-2)12-13-25(21)29-28(22)35/h5-16,26H,3-4,17-19H2,1-2H3,(H,29,35)/t26-/m1/s1. The molecule has 0 amide bonds. The molecule has 3 aromatic heterocycles. The van der Waals surface area contributed by atoms with Crippen LogP contribution in [0.4, 0.5) is 0 Å². The molecule has 0 aliphatic heterocycles. The zero-order valence-electron chi connectivity index (χ0n) is 21.0. The van der Waals surface area contributed by atoms with Gasteiger partial charge in [-0.3, -0.25) is 9.69 Å². The highest BCUT2D eigenvalue weighted by Gasteiger charge is 2.27. The molecule has 2 aromatic carbocycles. The van der Waals surface area contributed by atoms with Crippen molar-refractivity contribution in [3.63, 3.8) is 0 Å². The third-order valence-electron chi connectivity index (χ3n) is 6.38. The van der Waals surface area contributed by atoms with Gasteiger partial charge < -0.3 is 14.1 Å². The van der Waals surface area contributed by atoms with Crippen LogP contribution >= 0.6 is 0 Å². The molecule has 1 atom stereocenters. The van der Waals surface area contributed by atoms with Crippen LogP contribution in [0.3, 0.4) is 0 Å². The second-order valence-corrected chi connectivity index (χ2v) is 8.89. The second-order valence-electron chi connectivity index (χ2n) is 8.89. The van der Waals surface area contributed by atoms with Gasteiger partial charge in [0.15, 0.2) is 5.82 Å². The van der Waals surface area contributed by atoms with E-state index >= 15 is 0 Å². The summed E-state index contributed by atoms with van der Waals surface area (Å²) in [7, 11) is 0. The number of hydrogen-bond donors (Lipinski definition) is 1. The van der Waals surface area contributed by atoms with Crippen molar-refractivity contribution in [2.45, 2.75) is 45.9 Å². The third kappa shape index (κ3) is 5.62. The summed E-state index contributed by atoms with van der Waals surface area (Å²) in [6, 6.07) is 21.4. The summed E-state index contributed by atoms with van der Waals surface area (Å²) in [5.74, 6) is 2.32. The molecule has 37 heavy (non-hydrogen) atoms. The van der Waals surface area contributed by atoms with Gasteiger partial charge in [-0.15, -0.1) is 5.10 Å². The van der Waals surface area contributed by atoms with Crippen LogP contribution in [0, 0.1) is 0 Å². The quantitative estimate of drug-likeness (QED) is 0.281. The zero-order valence-corrected chi connectivity index (χ0v) is 21.0. The highest BCUT2D eigenvalue weighted by molar-refractivity contribution is 5.80. The van der Waals surface area contributed by atoms with Crippen LogP contribution in [0.5, 0.6) is 5.75 Å². The molecular formula is C28H30N6O3. The fraction of sp³-hybridized carbons (Fsp3) is 0.286. The number of aromatic nitrogens is 5. The van der Waals surface area contributed by atoms with E-state index in [1.54, 1.807) is 6.26 Å². The van der Waals surface area contributed by atoms with Crippen molar-refractivity contribution in [3.8, 4) is 5.75 Å². The normalized spacial score (nSPS) is 12.3. The summed E-state index contributed by atoms with van der Waals surface area (Å²) in [5, 5.41) is 13.6. The first-order chi connectivity index (χ1) is 18.1. The van der Waals surface area contributed by atoms with E-state index in [0.29, 0.717) is 31.8 Å². The van der Waals surface area contributed by atoms with E-state index in [-0.39, 0.29) is 11.6 Å². The summed E-state index contributed by atoms with van der Waals surface area (Å²) in [6.45, 7) is 6.08. The van der Waals surface area contributed by atoms with Crippen molar-refractivity contribution >= 4 is 10.9 Å². The van der Waals surface area contributed by atoms with Crippen molar-refractivity contribution in [3.05, 3.63) is 106 Å². The summed E-state index contributed by atoms with van der Waals surface area (Å²) in [5.41, 5.74) is 2.40. The van der Waals surface area contributed by atoms with Gasteiger partial charge in [-0.2, -0.15) is 0 Å². The van der Waals surface area contributed by atoms with Gasteiger partial charge in [0.1, 0.15) is 11.5 Å². The van der Waals surface area contributed by atoms with Crippen molar-refractivity contribution in [2.75, 3.05) is 6.61 Å². The van der Waals surface area contributed by atoms with Crippen LogP contribution in [0.1, 0.15) is 49.0 Å². The molecule has 0 unspecified atom stereocenters. The summed E-state index contributed by atoms with van der Waals surface area (Å²) in [6.07, 6.45) is 2.40. The number of furan rings is 1. The molecule has 0 saturated heterocycles. The highest BCUT2D eigenvalue weighted by atomic mass is 16.5. The van der Waals surface area contributed by atoms with E-state index in [1.165, 1.54) is 0 Å². The lowest BCUT2D eigenvalue weighted by Gasteiger charge is -2.29. The molecule has 5 aromatic rings. The number of hydrogen-bond acceptors (Lipinski definition) is 7. The van der Waals surface area contributed by atoms with Crippen molar-refractivity contribution in [1.82, 2.24) is 30.1 Å². The first-order valence-corrected chi connectivity index (χ1v) is 12.5. The monoisotopic (exact) mass is 498 g/mol. The molecule has 0 aliphatic carbocycles. The number of H-pyrrole nitrogens is 1. The summed E-state index contributed by atoms with van der Waals surface area (Å²) < 4.78 is 13.2. The minimum absolute atomic E-state index is 0.125. The predicted octanol–water partition coefficient (Wildman–Crippen LogP) is 4.71. The van der Waals surface area contributed by atoms with Crippen molar-refractivity contribution < 1.29 is 9.15 Å². The van der Waals surface area contributed by atoms with Gasteiger partial charge in [0.05, 0.1) is 32.0 Å². The van der Waals surface area contributed by atoms with Crippen LogP contribution in [0.2, 0.25) is 0 Å².